The largest absolute Gasteiger partial charge is 0.357 e. The van der Waals surface area contributed by atoms with Crippen LogP contribution in [0.4, 0.5) is 0 Å². The van der Waals surface area contributed by atoms with Crippen LogP contribution in [-0.2, 0) is 17.9 Å². The van der Waals surface area contributed by atoms with E-state index in [0.717, 1.165) is 25.2 Å². The molecule has 0 fully saturated rings. The lowest BCUT2D eigenvalue weighted by Gasteiger charge is -2.29. The van der Waals surface area contributed by atoms with Crippen molar-refractivity contribution in [2.24, 2.45) is 5.41 Å². The van der Waals surface area contributed by atoms with Crippen molar-refractivity contribution in [1.82, 2.24) is 25.5 Å². The van der Waals surface area contributed by atoms with E-state index in [1.807, 2.05) is 25.3 Å². The third-order valence-corrected chi connectivity index (χ3v) is 4.21. The van der Waals surface area contributed by atoms with Crippen molar-refractivity contribution in [2.45, 2.75) is 46.3 Å². The Labute approximate surface area is 141 Å². The van der Waals surface area contributed by atoms with Crippen molar-refractivity contribution < 1.29 is 9.59 Å². The first kappa shape index (κ1) is 17.7. The van der Waals surface area contributed by atoms with E-state index in [1.54, 1.807) is 7.05 Å². The van der Waals surface area contributed by atoms with Crippen LogP contribution in [0.1, 0.15) is 43.4 Å². The molecule has 1 aromatic heterocycles. The summed E-state index contributed by atoms with van der Waals surface area (Å²) in [7, 11) is 1.55. The molecular formula is C15H24ClN5O2. The van der Waals surface area contributed by atoms with E-state index in [-0.39, 0.29) is 17.5 Å². The Morgan fingerprint density at radius 1 is 1.39 bits per heavy atom. The van der Waals surface area contributed by atoms with Crippen LogP contribution < -0.4 is 16.0 Å². The predicted molar refractivity (Wildman–Crippen MR) is 88.3 cm³/mol. The van der Waals surface area contributed by atoms with E-state index in [0.29, 0.717) is 11.8 Å². The number of rotatable bonds is 3. The summed E-state index contributed by atoms with van der Waals surface area (Å²) in [6.45, 7) is 7.81. The van der Waals surface area contributed by atoms with Gasteiger partial charge in [-0.1, -0.05) is 20.8 Å². The lowest BCUT2D eigenvalue weighted by atomic mass is 9.86. The van der Waals surface area contributed by atoms with E-state index < -0.39 is 11.5 Å². The molecule has 3 N–H and O–H groups in total. The van der Waals surface area contributed by atoms with Crippen molar-refractivity contribution in [3.05, 3.63) is 16.7 Å². The fraction of sp³-hybridized carbons (Fsp3) is 0.667. The van der Waals surface area contributed by atoms with Crippen LogP contribution in [0.3, 0.4) is 0 Å². The average molecular weight is 342 g/mol. The van der Waals surface area contributed by atoms with E-state index in [2.05, 4.69) is 20.9 Å². The van der Waals surface area contributed by atoms with Crippen molar-refractivity contribution in [3.63, 3.8) is 0 Å². The first-order valence-electron chi connectivity index (χ1n) is 7.73. The maximum absolute atomic E-state index is 12.7. The number of aromatic nitrogens is 2. The number of amides is 2. The Balaban J connectivity index is 2.28. The highest BCUT2D eigenvalue weighted by molar-refractivity contribution is 6.28. The summed E-state index contributed by atoms with van der Waals surface area (Å²) in [4.78, 5) is 28.9. The van der Waals surface area contributed by atoms with Gasteiger partial charge in [0.2, 0.25) is 11.2 Å². The number of hydrogen-bond acceptors (Lipinski definition) is 4. The average Bonchev–Trinajstić information content (AvgIpc) is 2.67. The second kappa shape index (κ2) is 6.88. The van der Waals surface area contributed by atoms with Crippen LogP contribution >= 0.6 is 11.6 Å². The molecular weight excluding hydrogens is 318 g/mol. The minimum absolute atomic E-state index is 0.236. The Morgan fingerprint density at radius 3 is 2.70 bits per heavy atom. The highest BCUT2D eigenvalue weighted by Gasteiger charge is 2.34. The molecule has 0 bridgehead atoms. The van der Waals surface area contributed by atoms with Gasteiger partial charge in [0, 0.05) is 20.1 Å². The number of hydrogen-bond donors (Lipinski definition) is 3. The number of halogens is 1. The van der Waals surface area contributed by atoms with Crippen molar-refractivity contribution in [1.29, 1.82) is 0 Å². The number of likely N-dealkylation sites (N-methyl/N-ethyl adjacent to an activating group) is 1. The van der Waals surface area contributed by atoms with E-state index >= 15 is 0 Å². The second-order valence-corrected chi connectivity index (χ2v) is 7.08. The zero-order valence-corrected chi connectivity index (χ0v) is 14.8. The molecule has 8 heteroatoms. The van der Waals surface area contributed by atoms with Gasteiger partial charge in [-0.3, -0.25) is 9.59 Å². The molecule has 0 aliphatic carbocycles. The number of fused-ring (bicyclic) bond motifs is 1. The molecule has 23 heavy (non-hydrogen) atoms. The molecule has 7 nitrogen and oxygen atoms in total. The van der Waals surface area contributed by atoms with Crippen molar-refractivity contribution >= 4 is 23.4 Å². The van der Waals surface area contributed by atoms with Crippen LogP contribution in [-0.4, -0.2) is 41.0 Å². The molecule has 0 aromatic carbocycles. The van der Waals surface area contributed by atoms with Gasteiger partial charge in [0.15, 0.2) is 5.69 Å². The number of carbonyl (C=O) groups excluding carboxylic acids is 2. The van der Waals surface area contributed by atoms with Gasteiger partial charge in [-0.05, 0) is 30.0 Å². The second-order valence-electron chi connectivity index (χ2n) is 6.74. The normalized spacial score (nSPS) is 16.2. The van der Waals surface area contributed by atoms with Gasteiger partial charge < -0.3 is 20.5 Å². The minimum Gasteiger partial charge on any atom is -0.357 e. The summed E-state index contributed by atoms with van der Waals surface area (Å²) < 4.78 is 1.85. The zero-order valence-electron chi connectivity index (χ0n) is 14.0. The molecule has 1 aliphatic heterocycles. The molecule has 0 saturated carbocycles. The monoisotopic (exact) mass is 341 g/mol. The maximum Gasteiger partial charge on any atom is 0.272 e. The lowest BCUT2D eigenvalue weighted by Crippen LogP contribution is -2.53. The summed E-state index contributed by atoms with van der Waals surface area (Å²) in [6, 6.07) is -0.658. The third-order valence-electron chi connectivity index (χ3n) is 3.92. The summed E-state index contributed by atoms with van der Waals surface area (Å²) >= 11 is 6.16. The van der Waals surface area contributed by atoms with Crippen molar-refractivity contribution in [2.75, 3.05) is 13.6 Å². The Kier molecular flexibility index (Phi) is 5.31. The third kappa shape index (κ3) is 3.84. The quantitative estimate of drug-likeness (QED) is 0.763. The molecule has 128 valence electrons. The molecule has 2 rings (SSSR count). The molecule has 1 aromatic rings. The summed E-state index contributed by atoms with van der Waals surface area (Å²) in [6.07, 6.45) is 0.924. The lowest BCUT2D eigenvalue weighted by molar-refractivity contribution is -0.124. The van der Waals surface area contributed by atoms with Gasteiger partial charge in [-0.15, -0.1) is 0 Å². The fourth-order valence-electron chi connectivity index (χ4n) is 2.63. The molecule has 0 radical (unpaired) electrons. The number of carbonyl (C=O) groups is 2. The van der Waals surface area contributed by atoms with Gasteiger partial charge in [0.25, 0.3) is 5.91 Å². The minimum atomic E-state index is -0.658. The zero-order chi connectivity index (χ0) is 17.2. The standard InChI is InChI=1S/C15H24ClN5O2/c1-15(2,3)11(13(23)17-4)20-12(22)10-9-8-18-6-5-7-21(9)14(16)19-10/h11,18H,5-8H2,1-4H3,(H,17,23)(H,20,22)/t11-/m1/s1. The van der Waals surface area contributed by atoms with Crippen LogP contribution in [0.25, 0.3) is 0 Å². The van der Waals surface area contributed by atoms with E-state index in [9.17, 15) is 9.59 Å². The highest BCUT2D eigenvalue weighted by atomic mass is 35.5. The SMILES string of the molecule is CNC(=O)[C@@H](NC(=O)c1nc(Cl)n2c1CNCCC2)C(C)(C)C. The summed E-state index contributed by atoms with van der Waals surface area (Å²) in [5, 5.41) is 8.94. The van der Waals surface area contributed by atoms with Gasteiger partial charge in [-0.25, -0.2) is 4.98 Å². The van der Waals surface area contributed by atoms with Crippen molar-refractivity contribution in [3.8, 4) is 0 Å². The molecule has 1 atom stereocenters. The smallest absolute Gasteiger partial charge is 0.272 e. The van der Waals surface area contributed by atoms with Crippen LogP contribution in [0.5, 0.6) is 0 Å². The van der Waals surface area contributed by atoms with E-state index in [4.69, 9.17) is 11.6 Å². The number of imidazole rings is 1. The summed E-state index contributed by atoms with van der Waals surface area (Å²) in [5.74, 6) is -0.617. The number of nitrogens with one attached hydrogen (secondary N) is 3. The number of nitrogens with zero attached hydrogens (tertiary/aromatic N) is 2. The van der Waals surface area contributed by atoms with Gasteiger partial charge >= 0.3 is 0 Å². The predicted octanol–water partition coefficient (Wildman–Crippen LogP) is 0.920. The summed E-state index contributed by atoms with van der Waals surface area (Å²) in [5.41, 5.74) is 0.617. The Bertz CT molecular complexity index is 606. The Morgan fingerprint density at radius 2 is 2.09 bits per heavy atom. The molecule has 2 amide bonds. The van der Waals surface area contributed by atoms with Gasteiger partial charge in [0.1, 0.15) is 6.04 Å². The fourth-order valence-corrected chi connectivity index (χ4v) is 2.90. The molecule has 1 aliphatic rings. The molecule has 0 unspecified atom stereocenters. The first-order valence-corrected chi connectivity index (χ1v) is 8.11. The maximum atomic E-state index is 12.7. The van der Waals surface area contributed by atoms with Crippen LogP contribution in [0.15, 0.2) is 0 Å². The van der Waals surface area contributed by atoms with Crippen LogP contribution in [0, 0.1) is 5.41 Å². The first-order chi connectivity index (χ1) is 10.8. The van der Waals surface area contributed by atoms with Gasteiger partial charge in [0.05, 0.1) is 5.69 Å². The topological polar surface area (TPSA) is 88.1 Å². The van der Waals surface area contributed by atoms with Gasteiger partial charge in [-0.2, -0.15) is 0 Å². The highest BCUT2D eigenvalue weighted by Crippen LogP contribution is 2.22. The van der Waals surface area contributed by atoms with Crippen LogP contribution in [0.2, 0.25) is 5.28 Å². The van der Waals surface area contributed by atoms with E-state index in [1.165, 1.54) is 0 Å². The molecule has 0 spiro atoms. The molecule has 0 saturated heterocycles. The molecule has 2 heterocycles. The Hall–Kier alpha value is -1.60.